The van der Waals surface area contributed by atoms with Crippen LogP contribution in [-0.2, 0) is 13.3 Å². The molecule has 0 rings (SSSR count). The summed E-state index contributed by atoms with van der Waals surface area (Å²) in [6.07, 6.45) is 0. The van der Waals surface area contributed by atoms with Crippen LogP contribution in [0.4, 0.5) is 0 Å². The normalized spacial score (nSPS) is 12.0. The van der Waals surface area contributed by atoms with Crippen molar-refractivity contribution < 1.29 is 13.3 Å². The van der Waals surface area contributed by atoms with Crippen molar-refractivity contribution in [2.24, 2.45) is 5.73 Å². The molecule has 0 aliphatic heterocycles. The molecular weight excluding hydrogens is 186 g/mol. The summed E-state index contributed by atoms with van der Waals surface area (Å²) in [5.74, 6) is 0. The van der Waals surface area contributed by atoms with E-state index in [2.05, 4.69) is 0 Å². The van der Waals surface area contributed by atoms with E-state index < -0.39 is 8.80 Å². The van der Waals surface area contributed by atoms with Crippen LogP contribution in [0.2, 0.25) is 6.04 Å². The van der Waals surface area contributed by atoms with E-state index in [4.69, 9.17) is 19.0 Å². The van der Waals surface area contributed by atoms with Crippen molar-refractivity contribution >= 4 is 8.80 Å². The first-order valence-electron chi connectivity index (χ1n) is 4.86. The number of rotatable bonds is 8. The van der Waals surface area contributed by atoms with E-state index in [1.165, 1.54) is 0 Å². The Morgan fingerprint density at radius 1 is 0.923 bits per heavy atom. The van der Waals surface area contributed by atoms with Crippen LogP contribution >= 0.6 is 0 Å². The average Bonchev–Trinajstić information content (AvgIpc) is 2.06. The zero-order chi connectivity index (χ0) is 10.2. The van der Waals surface area contributed by atoms with Gasteiger partial charge in [-0.05, 0) is 27.3 Å². The first kappa shape index (κ1) is 13.1. The molecule has 0 unspecified atom stereocenters. The molecule has 0 radical (unpaired) electrons. The monoisotopic (exact) mass is 207 g/mol. The van der Waals surface area contributed by atoms with E-state index in [0.29, 0.717) is 32.4 Å². The lowest BCUT2D eigenvalue weighted by Gasteiger charge is -2.42. The van der Waals surface area contributed by atoms with Crippen LogP contribution < -0.4 is 5.73 Å². The molecule has 0 aliphatic rings. The molecule has 4 nitrogen and oxygen atoms in total. The summed E-state index contributed by atoms with van der Waals surface area (Å²) in [6, 6.07) is 0.697. The predicted octanol–water partition coefficient (Wildman–Crippen LogP) is 0.993. The molecule has 5 heteroatoms. The van der Waals surface area contributed by atoms with E-state index in [1.807, 2.05) is 20.8 Å². The first-order chi connectivity index (χ1) is 6.24. The van der Waals surface area contributed by atoms with Gasteiger partial charge in [-0.2, -0.15) is 0 Å². The maximum atomic E-state index is 5.57. The molecule has 0 saturated carbocycles. The lowest BCUT2D eigenvalue weighted by atomic mass is 10.8. The largest absolute Gasteiger partial charge is 0.525 e. The van der Waals surface area contributed by atoms with Gasteiger partial charge >= 0.3 is 0 Å². The van der Waals surface area contributed by atoms with Crippen molar-refractivity contribution in [3.05, 3.63) is 0 Å². The second-order valence-corrected chi connectivity index (χ2v) is 5.25. The number of nitrogens with two attached hydrogens (primary N) is 1. The van der Waals surface area contributed by atoms with Gasteiger partial charge in [-0.25, -0.2) is 0 Å². The lowest BCUT2D eigenvalue weighted by Crippen LogP contribution is -2.47. The molecule has 0 spiro atoms. The molecule has 0 atom stereocenters. The summed E-state index contributed by atoms with van der Waals surface area (Å²) in [5.41, 5.74) is 5.50. The molecule has 13 heavy (non-hydrogen) atoms. The van der Waals surface area contributed by atoms with E-state index >= 15 is 0 Å². The van der Waals surface area contributed by atoms with Gasteiger partial charge in [-0.3, -0.25) is 0 Å². The average molecular weight is 207 g/mol. The Kier molecular flexibility index (Phi) is 7.49. The van der Waals surface area contributed by atoms with Gasteiger partial charge in [0.05, 0.1) is 0 Å². The van der Waals surface area contributed by atoms with Crippen LogP contribution in [0.15, 0.2) is 0 Å². The predicted molar refractivity (Wildman–Crippen MR) is 54.5 cm³/mol. The first-order valence-corrected chi connectivity index (χ1v) is 6.79. The molecule has 0 aromatic heterocycles. The highest BCUT2D eigenvalue weighted by Crippen LogP contribution is 2.14. The van der Waals surface area contributed by atoms with Gasteiger partial charge in [-0.15, -0.1) is 0 Å². The van der Waals surface area contributed by atoms with Crippen molar-refractivity contribution in [3.8, 4) is 0 Å². The van der Waals surface area contributed by atoms with Gasteiger partial charge in [0.1, 0.15) is 0 Å². The third-order valence-electron chi connectivity index (χ3n) is 1.54. The van der Waals surface area contributed by atoms with Gasteiger partial charge in [0.2, 0.25) is 0 Å². The maximum absolute atomic E-state index is 5.57. The standard InChI is InChI=1S/C8H21NO3Si/c1-4-10-13(8-7-9,11-5-2)12-6-3/h4-9H2,1-3H3/q-1. The fourth-order valence-corrected chi connectivity index (χ4v) is 3.53. The maximum Gasteiger partial charge on any atom is 0.282 e. The van der Waals surface area contributed by atoms with Crippen LogP contribution in [0.1, 0.15) is 20.8 Å². The van der Waals surface area contributed by atoms with Crippen molar-refractivity contribution in [1.29, 1.82) is 0 Å². The van der Waals surface area contributed by atoms with Crippen LogP contribution in [0.5, 0.6) is 0 Å². The van der Waals surface area contributed by atoms with Crippen LogP contribution in [0, 0.1) is 0 Å². The van der Waals surface area contributed by atoms with Crippen LogP contribution in [-0.4, -0.2) is 35.2 Å². The third kappa shape index (κ3) is 4.73. The molecule has 0 aromatic carbocycles. The van der Waals surface area contributed by atoms with Crippen LogP contribution in [0.25, 0.3) is 0 Å². The van der Waals surface area contributed by atoms with E-state index in [-0.39, 0.29) is 0 Å². The van der Waals surface area contributed by atoms with E-state index in [9.17, 15) is 0 Å². The summed E-state index contributed by atoms with van der Waals surface area (Å²) in [4.78, 5) is 0. The molecule has 2 N–H and O–H groups in total. The molecule has 0 aliphatic carbocycles. The number of hydrogen-bond donors (Lipinski definition) is 1. The third-order valence-corrected chi connectivity index (χ3v) is 4.63. The highest BCUT2D eigenvalue weighted by atomic mass is 28.4. The van der Waals surface area contributed by atoms with Gasteiger partial charge < -0.3 is 19.0 Å². The zero-order valence-corrected chi connectivity index (χ0v) is 9.84. The van der Waals surface area contributed by atoms with Gasteiger partial charge in [0, 0.05) is 19.8 Å². The van der Waals surface area contributed by atoms with Gasteiger partial charge in [0.25, 0.3) is 8.80 Å². The Hall–Kier alpha value is 0.0569. The zero-order valence-electron chi connectivity index (χ0n) is 8.84. The van der Waals surface area contributed by atoms with Crippen molar-refractivity contribution in [2.45, 2.75) is 26.8 Å². The Balaban J connectivity index is 4.19. The van der Waals surface area contributed by atoms with Gasteiger partial charge in [0.15, 0.2) is 0 Å². The SMILES string of the molecule is CCO[Si-](CCN)(OCC)OCC. The van der Waals surface area contributed by atoms with E-state index in [0.717, 1.165) is 0 Å². The Labute approximate surface area is 81.7 Å². The smallest absolute Gasteiger partial charge is 0.282 e. The molecular formula is C8H21NO3Si-. The molecule has 0 aromatic rings. The minimum atomic E-state index is -2.42. The molecule has 81 valence electrons. The van der Waals surface area contributed by atoms with E-state index in [1.54, 1.807) is 0 Å². The Morgan fingerprint density at radius 3 is 1.54 bits per heavy atom. The number of hydrogen-bond acceptors (Lipinski definition) is 4. The summed E-state index contributed by atoms with van der Waals surface area (Å²) < 4.78 is 16.7. The van der Waals surface area contributed by atoms with Crippen LogP contribution in [0.3, 0.4) is 0 Å². The molecule has 0 fully saturated rings. The summed E-state index contributed by atoms with van der Waals surface area (Å²) >= 11 is 0. The summed E-state index contributed by atoms with van der Waals surface area (Å²) in [7, 11) is -2.42. The Bertz CT molecular complexity index is 94.4. The highest BCUT2D eigenvalue weighted by molar-refractivity contribution is 6.60. The molecule has 0 heterocycles. The van der Waals surface area contributed by atoms with Gasteiger partial charge in [-0.1, -0.05) is 6.04 Å². The fourth-order valence-electron chi connectivity index (χ4n) is 1.18. The molecule has 0 saturated heterocycles. The van der Waals surface area contributed by atoms with Crippen molar-refractivity contribution in [2.75, 3.05) is 26.4 Å². The van der Waals surface area contributed by atoms with Crippen molar-refractivity contribution in [1.82, 2.24) is 0 Å². The second-order valence-electron chi connectivity index (χ2n) is 2.52. The molecule has 0 bridgehead atoms. The minimum Gasteiger partial charge on any atom is -0.525 e. The lowest BCUT2D eigenvalue weighted by molar-refractivity contribution is 0.0720. The quantitative estimate of drug-likeness (QED) is 0.603. The fraction of sp³-hybridized carbons (Fsp3) is 1.00. The Morgan fingerprint density at radius 2 is 1.31 bits per heavy atom. The van der Waals surface area contributed by atoms with Crippen molar-refractivity contribution in [3.63, 3.8) is 0 Å². The second kappa shape index (κ2) is 7.46. The summed E-state index contributed by atoms with van der Waals surface area (Å²) in [5, 5.41) is 0. The molecule has 0 amide bonds. The minimum absolute atomic E-state index is 0.548. The topological polar surface area (TPSA) is 53.7 Å². The highest BCUT2D eigenvalue weighted by Gasteiger charge is 2.23. The summed E-state index contributed by atoms with van der Waals surface area (Å²) in [6.45, 7) is 8.22.